The van der Waals surface area contributed by atoms with Crippen molar-refractivity contribution >= 4 is 17.5 Å². The van der Waals surface area contributed by atoms with Crippen molar-refractivity contribution in [2.24, 2.45) is 0 Å². The molecule has 0 radical (unpaired) electrons. The number of hydrogen-bond acceptors (Lipinski definition) is 6. The molecule has 1 aromatic heterocycles. The lowest BCUT2D eigenvalue weighted by molar-refractivity contribution is -0.123. The van der Waals surface area contributed by atoms with Crippen molar-refractivity contribution in [3.63, 3.8) is 0 Å². The van der Waals surface area contributed by atoms with Gasteiger partial charge in [0, 0.05) is 5.69 Å². The molecule has 0 spiro atoms. The van der Waals surface area contributed by atoms with E-state index < -0.39 is 0 Å². The quantitative estimate of drug-likeness (QED) is 0.600. The molecule has 150 valence electrons. The van der Waals surface area contributed by atoms with Crippen LogP contribution in [0.15, 0.2) is 55.1 Å². The summed E-state index contributed by atoms with van der Waals surface area (Å²) in [7, 11) is 3.08. The van der Waals surface area contributed by atoms with Crippen molar-refractivity contribution in [3.05, 3.63) is 60.7 Å². The van der Waals surface area contributed by atoms with Crippen LogP contribution in [-0.4, -0.2) is 47.3 Å². The molecule has 2 aromatic carbocycles. The number of aromatic nitrogens is 3. The Bertz CT molecular complexity index is 971. The number of carbonyl (C=O) groups excluding carboxylic acids is 2. The van der Waals surface area contributed by atoms with E-state index in [0.717, 1.165) is 11.3 Å². The van der Waals surface area contributed by atoms with Gasteiger partial charge in [-0.2, -0.15) is 5.10 Å². The minimum atomic E-state index is -0.320. The molecule has 29 heavy (non-hydrogen) atoms. The number of ether oxygens (including phenoxy) is 2. The molecular weight excluding hydrogens is 374 g/mol. The highest BCUT2D eigenvalue weighted by Crippen LogP contribution is 2.27. The molecule has 3 rings (SSSR count). The fraction of sp³-hybridized carbons (Fsp3) is 0.200. The molecule has 2 amide bonds. The van der Waals surface area contributed by atoms with Crippen LogP contribution in [0, 0.1) is 0 Å². The topological polar surface area (TPSA) is 107 Å². The van der Waals surface area contributed by atoms with Gasteiger partial charge in [0.05, 0.1) is 32.9 Å². The van der Waals surface area contributed by atoms with Crippen LogP contribution in [0.1, 0.15) is 5.56 Å². The molecule has 0 aliphatic rings. The molecule has 0 atom stereocenters. The lowest BCUT2D eigenvalue weighted by atomic mass is 10.1. The van der Waals surface area contributed by atoms with E-state index in [9.17, 15) is 9.59 Å². The average Bonchev–Trinajstić information content (AvgIpc) is 3.27. The van der Waals surface area contributed by atoms with E-state index >= 15 is 0 Å². The molecular formula is C20H21N5O4. The van der Waals surface area contributed by atoms with Crippen molar-refractivity contribution < 1.29 is 19.1 Å². The number of nitrogens with one attached hydrogen (secondary N) is 2. The number of rotatable bonds is 8. The maximum absolute atomic E-state index is 12.1. The van der Waals surface area contributed by atoms with Crippen LogP contribution in [0.2, 0.25) is 0 Å². The van der Waals surface area contributed by atoms with Crippen molar-refractivity contribution in [1.82, 2.24) is 20.1 Å². The molecule has 1 heterocycles. The van der Waals surface area contributed by atoms with Crippen LogP contribution >= 0.6 is 0 Å². The molecule has 9 heteroatoms. The van der Waals surface area contributed by atoms with Crippen LogP contribution in [-0.2, 0) is 16.0 Å². The Labute approximate surface area is 167 Å². The summed E-state index contributed by atoms with van der Waals surface area (Å²) >= 11 is 0. The highest BCUT2D eigenvalue weighted by molar-refractivity contribution is 5.94. The van der Waals surface area contributed by atoms with Crippen molar-refractivity contribution in [1.29, 1.82) is 0 Å². The maximum atomic E-state index is 12.1. The summed E-state index contributed by atoms with van der Waals surface area (Å²) in [4.78, 5) is 28.1. The zero-order valence-electron chi connectivity index (χ0n) is 16.1. The summed E-state index contributed by atoms with van der Waals surface area (Å²) in [6.45, 7) is -0.128. The van der Waals surface area contributed by atoms with Crippen molar-refractivity contribution in [3.8, 4) is 17.2 Å². The second-order valence-corrected chi connectivity index (χ2v) is 6.08. The Kier molecular flexibility index (Phi) is 6.41. The van der Waals surface area contributed by atoms with Crippen molar-refractivity contribution in [2.75, 3.05) is 26.1 Å². The predicted molar refractivity (Wildman–Crippen MR) is 106 cm³/mol. The number of hydrogen-bond donors (Lipinski definition) is 2. The lowest BCUT2D eigenvalue weighted by Gasteiger charge is -2.10. The maximum Gasteiger partial charge on any atom is 0.243 e. The standard InChI is InChI=1S/C20H21N5O4/c1-28-17-8-3-14(9-18(17)29-2)10-19(26)22-11-20(27)24-15-4-6-16(7-5-15)25-13-21-12-23-25/h3-9,12-13H,10-11H2,1-2H3,(H,22,26)(H,24,27). The summed E-state index contributed by atoms with van der Waals surface area (Å²) in [5.41, 5.74) is 2.20. The average molecular weight is 395 g/mol. The van der Waals surface area contributed by atoms with Gasteiger partial charge in [-0.25, -0.2) is 9.67 Å². The Morgan fingerprint density at radius 3 is 2.41 bits per heavy atom. The SMILES string of the molecule is COc1ccc(CC(=O)NCC(=O)Nc2ccc(-n3cncn3)cc2)cc1OC. The summed E-state index contributed by atoms with van der Waals surface area (Å²) in [6, 6.07) is 12.4. The van der Waals surface area contributed by atoms with Crippen LogP contribution in [0.3, 0.4) is 0 Å². The molecule has 0 fully saturated rings. The highest BCUT2D eigenvalue weighted by Gasteiger charge is 2.10. The number of carbonyl (C=O) groups is 2. The predicted octanol–water partition coefficient (Wildman–Crippen LogP) is 1.58. The zero-order valence-corrected chi connectivity index (χ0v) is 16.1. The first-order valence-electron chi connectivity index (χ1n) is 8.81. The molecule has 0 bridgehead atoms. The van der Waals surface area contributed by atoms with Gasteiger partial charge < -0.3 is 20.1 Å². The monoisotopic (exact) mass is 395 g/mol. The minimum Gasteiger partial charge on any atom is -0.493 e. The van der Waals surface area contributed by atoms with E-state index in [0.29, 0.717) is 17.2 Å². The molecule has 2 N–H and O–H groups in total. The Hall–Kier alpha value is -3.88. The molecule has 0 saturated carbocycles. The second-order valence-electron chi connectivity index (χ2n) is 6.08. The van der Waals surface area contributed by atoms with E-state index in [4.69, 9.17) is 9.47 Å². The van der Waals surface area contributed by atoms with Gasteiger partial charge in [0.2, 0.25) is 11.8 Å². The van der Waals surface area contributed by atoms with Gasteiger partial charge in [0.1, 0.15) is 12.7 Å². The third kappa shape index (κ3) is 5.32. The number of anilines is 1. The molecule has 0 aliphatic carbocycles. The minimum absolute atomic E-state index is 0.125. The van der Waals surface area contributed by atoms with Gasteiger partial charge in [-0.15, -0.1) is 0 Å². The van der Waals surface area contributed by atoms with E-state index in [1.54, 1.807) is 60.6 Å². The smallest absolute Gasteiger partial charge is 0.243 e. The Morgan fingerprint density at radius 2 is 1.76 bits per heavy atom. The molecule has 3 aromatic rings. The highest BCUT2D eigenvalue weighted by atomic mass is 16.5. The van der Waals surface area contributed by atoms with Gasteiger partial charge in [-0.3, -0.25) is 9.59 Å². The van der Waals surface area contributed by atoms with Crippen LogP contribution < -0.4 is 20.1 Å². The summed E-state index contributed by atoms with van der Waals surface area (Å²) in [5, 5.41) is 9.37. The van der Waals surface area contributed by atoms with Gasteiger partial charge in [-0.1, -0.05) is 6.07 Å². The molecule has 0 aliphatic heterocycles. The third-order valence-corrected chi connectivity index (χ3v) is 4.09. The molecule has 0 unspecified atom stereocenters. The van der Waals surface area contributed by atoms with Gasteiger partial charge in [-0.05, 0) is 42.0 Å². The van der Waals surface area contributed by atoms with Crippen molar-refractivity contribution in [2.45, 2.75) is 6.42 Å². The Balaban J connectivity index is 1.48. The first-order valence-corrected chi connectivity index (χ1v) is 8.81. The fourth-order valence-corrected chi connectivity index (χ4v) is 2.66. The van der Waals surface area contributed by atoms with Gasteiger partial charge in [0.25, 0.3) is 0 Å². The summed E-state index contributed by atoms with van der Waals surface area (Å²) < 4.78 is 12.0. The van der Waals surface area contributed by atoms with E-state index in [-0.39, 0.29) is 24.8 Å². The number of benzene rings is 2. The van der Waals surface area contributed by atoms with Crippen LogP contribution in [0.25, 0.3) is 5.69 Å². The second kappa shape index (κ2) is 9.36. The fourth-order valence-electron chi connectivity index (χ4n) is 2.66. The zero-order chi connectivity index (χ0) is 20.6. The first-order chi connectivity index (χ1) is 14.1. The largest absolute Gasteiger partial charge is 0.493 e. The number of nitrogens with zero attached hydrogens (tertiary/aromatic N) is 3. The van der Waals surface area contributed by atoms with Crippen LogP contribution in [0.5, 0.6) is 11.5 Å². The Morgan fingerprint density at radius 1 is 1.00 bits per heavy atom. The third-order valence-electron chi connectivity index (χ3n) is 4.09. The molecule has 0 saturated heterocycles. The summed E-state index contributed by atoms with van der Waals surface area (Å²) in [5.74, 6) is 0.545. The van der Waals surface area contributed by atoms with Gasteiger partial charge in [0.15, 0.2) is 11.5 Å². The first kappa shape index (κ1) is 19.9. The van der Waals surface area contributed by atoms with Gasteiger partial charge >= 0.3 is 0 Å². The molecule has 9 nitrogen and oxygen atoms in total. The lowest BCUT2D eigenvalue weighted by Crippen LogP contribution is -2.33. The van der Waals surface area contributed by atoms with E-state index in [1.165, 1.54) is 13.4 Å². The van der Waals surface area contributed by atoms with E-state index in [2.05, 4.69) is 20.7 Å². The summed E-state index contributed by atoms with van der Waals surface area (Å²) in [6.07, 6.45) is 3.15. The number of amides is 2. The van der Waals surface area contributed by atoms with Crippen LogP contribution in [0.4, 0.5) is 5.69 Å². The number of methoxy groups -OCH3 is 2. The normalized spacial score (nSPS) is 10.3. The van der Waals surface area contributed by atoms with E-state index in [1.807, 2.05) is 0 Å².